The van der Waals surface area contributed by atoms with E-state index in [-0.39, 0.29) is 0 Å². The molecule has 136 valence electrons. The van der Waals surface area contributed by atoms with Crippen molar-refractivity contribution in [3.63, 3.8) is 0 Å². The third-order valence-corrected chi connectivity index (χ3v) is 5.31. The van der Waals surface area contributed by atoms with Gasteiger partial charge in [0.15, 0.2) is 0 Å². The minimum absolute atomic E-state index is 0.821. The first kappa shape index (κ1) is 16.0. The Bertz CT molecular complexity index is 1510. The number of aromatic amines is 1. The first-order chi connectivity index (χ1) is 14.4. The molecule has 4 aromatic carbocycles. The molecule has 0 saturated heterocycles. The third kappa shape index (κ3) is 2.57. The number of fused-ring (bicyclic) bond motifs is 5. The largest absolute Gasteiger partial charge is 0.350 e. The summed E-state index contributed by atoms with van der Waals surface area (Å²) in [6.07, 6.45) is 0. The van der Waals surface area contributed by atoms with Gasteiger partial charge in [-0.3, -0.25) is 0 Å². The summed E-state index contributed by atoms with van der Waals surface area (Å²) >= 11 is 0. The zero-order valence-electron chi connectivity index (χ0n) is 15.5. The Kier molecular flexibility index (Phi) is 3.43. The molecule has 4 nitrogen and oxygen atoms in total. The number of nitrogens with one attached hydrogen (secondary N) is 1. The molecule has 0 spiro atoms. The molecule has 0 unspecified atom stereocenters. The molecule has 4 heteroatoms. The Morgan fingerprint density at radius 3 is 2.34 bits per heavy atom. The molecule has 2 aliphatic rings. The fourth-order valence-electron chi connectivity index (χ4n) is 3.89. The molecule has 1 aliphatic heterocycles. The summed E-state index contributed by atoms with van der Waals surface area (Å²) in [4.78, 5) is 8.41. The van der Waals surface area contributed by atoms with Gasteiger partial charge in [-0.1, -0.05) is 66.7 Å². The molecule has 0 aromatic heterocycles. The van der Waals surface area contributed by atoms with Crippen LogP contribution in [-0.4, -0.2) is 9.97 Å². The van der Waals surface area contributed by atoms with Gasteiger partial charge in [-0.05, 0) is 35.0 Å². The van der Waals surface area contributed by atoms with E-state index in [4.69, 9.17) is 4.98 Å². The van der Waals surface area contributed by atoms with Crippen LogP contribution in [0.5, 0.6) is 0 Å². The zero-order chi connectivity index (χ0) is 19.2. The maximum absolute atomic E-state index is 4.89. The normalized spacial score (nSPS) is 12.0. The van der Waals surface area contributed by atoms with Crippen molar-refractivity contribution in [3.8, 4) is 11.4 Å². The van der Waals surface area contributed by atoms with Crippen LogP contribution in [0.4, 0.5) is 11.4 Å². The molecule has 1 N–H and O–H groups in total. The molecule has 0 saturated carbocycles. The number of hydrogen-bond donors (Lipinski definition) is 1. The fraction of sp³-hybridized carbons (Fsp3) is 0. The van der Waals surface area contributed by atoms with Crippen LogP contribution in [0.25, 0.3) is 44.0 Å². The highest BCUT2D eigenvalue weighted by Gasteiger charge is 2.20. The molecule has 4 aromatic rings. The molecule has 1 aliphatic carbocycles. The molecule has 6 rings (SSSR count). The zero-order valence-corrected chi connectivity index (χ0v) is 15.5. The van der Waals surface area contributed by atoms with E-state index in [1.165, 1.54) is 5.39 Å². The topological polar surface area (TPSA) is 53.4 Å². The first-order valence-corrected chi connectivity index (χ1v) is 9.56. The number of rotatable bonds is 2. The maximum atomic E-state index is 4.89. The van der Waals surface area contributed by atoms with Gasteiger partial charge in [-0.25, -0.2) is 4.98 Å². The van der Waals surface area contributed by atoms with E-state index in [0.717, 1.165) is 50.0 Å². The van der Waals surface area contributed by atoms with Crippen molar-refractivity contribution < 1.29 is 0 Å². The summed E-state index contributed by atoms with van der Waals surface area (Å²) in [5.41, 5.74) is 5.41. The van der Waals surface area contributed by atoms with Crippen LogP contribution >= 0.6 is 0 Å². The lowest BCUT2D eigenvalue weighted by molar-refractivity contribution is 1.22. The molecule has 29 heavy (non-hydrogen) atoms. The minimum atomic E-state index is 0.821. The Morgan fingerprint density at radius 1 is 0.655 bits per heavy atom. The number of azo groups is 1. The van der Waals surface area contributed by atoms with Crippen molar-refractivity contribution in [2.75, 3.05) is 0 Å². The highest BCUT2D eigenvalue weighted by molar-refractivity contribution is 6.11. The highest BCUT2D eigenvalue weighted by atomic mass is 15.1. The highest BCUT2D eigenvalue weighted by Crippen LogP contribution is 2.43. The number of aromatic nitrogens is 2. The standard InChI is InChI=1S/C25H16N4/c1-2-8-17-15-18(14-13-16(17)7-1)28-29-24-20-10-4-3-9-19(20)23-25(24)27-22-12-6-5-11-21(22)26-23/h1-15,27H. The Morgan fingerprint density at radius 2 is 1.41 bits per heavy atom. The average molecular weight is 372 g/mol. The van der Waals surface area contributed by atoms with Crippen molar-refractivity contribution in [3.05, 3.63) is 91.0 Å². The third-order valence-electron chi connectivity index (χ3n) is 5.31. The quantitative estimate of drug-likeness (QED) is 0.317. The van der Waals surface area contributed by atoms with E-state index >= 15 is 0 Å². The van der Waals surface area contributed by atoms with Crippen LogP contribution in [0.1, 0.15) is 0 Å². The van der Waals surface area contributed by atoms with E-state index < -0.39 is 0 Å². The summed E-state index contributed by atoms with van der Waals surface area (Å²) in [7, 11) is 0. The summed E-state index contributed by atoms with van der Waals surface area (Å²) in [6, 6.07) is 30.7. The van der Waals surface area contributed by atoms with Crippen molar-refractivity contribution in [1.29, 1.82) is 0 Å². The fourth-order valence-corrected chi connectivity index (χ4v) is 3.89. The number of para-hydroxylation sites is 2. The van der Waals surface area contributed by atoms with E-state index in [1.54, 1.807) is 0 Å². The van der Waals surface area contributed by atoms with Crippen molar-refractivity contribution in [2.45, 2.75) is 0 Å². The molecule has 0 bridgehead atoms. The molecule has 0 amide bonds. The summed E-state index contributed by atoms with van der Waals surface area (Å²) < 4.78 is 0. The lowest BCUT2D eigenvalue weighted by atomic mass is 10.1. The van der Waals surface area contributed by atoms with E-state index in [2.05, 4.69) is 51.6 Å². The second kappa shape index (κ2) is 6.24. The minimum Gasteiger partial charge on any atom is -0.350 e. The van der Waals surface area contributed by atoms with Crippen LogP contribution in [0.3, 0.4) is 0 Å². The Labute approximate surface area is 166 Å². The maximum Gasteiger partial charge on any atom is 0.119 e. The predicted octanol–water partition coefficient (Wildman–Crippen LogP) is 7.39. The SMILES string of the molecule is c1ccc2cc(N=Nc3c4[nH]c5ccccc5nc-4c4ccccc34)ccc2c1. The molecular weight excluding hydrogens is 356 g/mol. The number of benzene rings is 4. The van der Waals surface area contributed by atoms with Crippen LogP contribution in [0, 0.1) is 0 Å². The lowest BCUT2D eigenvalue weighted by Crippen LogP contribution is -1.89. The second-order valence-electron chi connectivity index (χ2n) is 7.10. The smallest absolute Gasteiger partial charge is 0.119 e. The van der Waals surface area contributed by atoms with Crippen LogP contribution in [-0.2, 0) is 0 Å². The van der Waals surface area contributed by atoms with Gasteiger partial charge in [0.05, 0.1) is 28.1 Å². The molecule has 0 fully saturated rings. The van der Waals surface area contributed by atoms with Gasteiger partial charge in [0.25, 0.3) is 0 Å². The first-order valence-electron chi connectivity index (χ1n) is 9.56. The Balaban J connectivity index is 1.57. The lowest BCUT2D eigenvalue weighted by Gasteiger charge is -2.04. The summed E-state index contributed by atoms with van der Waals surface area (Å²) in [5.74, 6) is 0. The van der Waals surface area contributed by atoms with Gasteiger partial charge in [0.2, 0.25) is 0 Å². The van der Waals surface area contributed by atoms with Crippen LogP contribution in [0.15, 0.2) is 101 Å². The van der Waals surface area contributed by atoms with Gasteiger partial charge in [-0.15, -0.1) is 5.11 Å². The summed E-state index contributed by atoms with van der Waals surface area (Å²) in [5, 5.41) is 13.7. The van der Waals surface area contributed by atoms with E-state index in [1.807, 2.05) is 54.6 Å². The van der Waals surface area contributed by atoms with Gasteiger partial charge >= 0.3 is 0 Å². The predicted molar refractivity (Wildman–Crippen MR) is 118 cm³/mol. The van der Waals surface area contributed by atoms with E-state index in [0.29, 0.717) is 0 Å². The average Bonchev–Trinajstić information content (AvgIpc) is 3.08. The van der Waals surface area contributed by atoms with E-state index in [9.17, 15) is 0 Å². The molecule has 0 atom stereocenters. The van der Waals surface area contributed by atoms with Crippen molar-refractivity contribution >= 4 is 44.0 Å². The number of H-pyrrole nitrogens is 1. The van der Waals surface area contributed by atoms with Gasteiger partial charge < -0.3 is 4.98 Å². The number of nitrogens with zero attached hydrogens (tertiary/aromatic N) is 3. The second-order valence-corrected chi connectivity index (χ2v) is 7.10. The molecular formula is C25H16N4. The van der Waals surface area contributed by atoms with Crippen molar-refractivity contribution in [2.24, 2.45) is 10.2 Å². The summed E-state index contributed by atoms with van der Waals surface area (Å²) in [6.45, 7) is 0. The molecule has 1 heterocycles. The van der Waals surface area contributed by atoms with Crippen LogP contribution in [0.2, 0.25) is 0 Å². The number of hydrogen-bond acceptors (Lipinski definition) is 3. The van der Waals surface area contributed by atoms with Gasteiger partial charge in [0.1, 0.15) is 5.69 Å². The molecule has 0 radical (unpaired) electrons. The van der Waals surface area contributed by atoms with Gasteiger partial charge in [-0.2, -0.15) is 5.11 Å². The van der Waals surface area contributed by atoms with Crippen molar-refractivity contribution in [1.82, 2.24) is 9.97 Å². The Hall–Kier alpha value is -4.05. The monoisotopic (exact) mass is 372 g/mol. The van der Waals surface area contributed by atoms with Crippen LogP contribution < -0.4 is 0 Å². The van der Waals surface area contributed by atoms with Gasteiger partial charge in [0, 0.05) is 10.8 Å².